The minimum absolute atomic E-state index is 0.115. The van der Waals surface area contributed by atoms with Crippen LogP contribution in [0.1, 0.15) is 35.4 Å². The first-order valence-corrected chi connectivity index (χ1v) is 9.17. The standard InChI is InChI=1S/C18H21ClN4O3/c1-11-15(22-9-12(19)2-3-14(22)21-11)16(24)23-10-18(4-6-20-7-5-18)8-13(23)17(25)26/h2-3,9,13,20H,4-8,10H2,1H3,(H,25,26)/t13-/m1/s1. The van der Waals surface area contributed by atoms with E-state index >= 15 is 0 Å². The van der Waals surface area contributed by atoms with Gasteiger partial charge in [0.2, 0.25) is 0 Å². The van der Waals surface area contributed by atoms with E-state index in [1.54, 1.807) is 29.7 Å². The van der Waals surface area contributed by atoms with Gasteiger partial charge in [0.25, 0.3) is 5.91 Å². The molecule has 8 heteroatoms. The summed E-state index contributed by atoms with van der Waals surface area (Å²) in [5, 5.41) is 13.5. The van der Waals surface area contributed by atoms with Crippen molar-refractivity contribution in [2.45, 2.75) is 32.2 Å². The number of imidazole rings is 1. The van der Waals surface area contributed by atoms with Crippen molar-refractivity contribution in [3.63, 3.8) is 0 Å². The van der Waals surface area contributed by atoms with Gasteiger partial charge in [0.05, 0.1) is 10.7 Å². The Bertz CT molecular complexity index is 888. The molecule has 2 fully saturated rings. The third-order valence-electron chi connectivity index (χ3n) is 5.68. The molecular weight excluding hydrogens is 356 g/mol. The van der Waals surface area contributed by atoms with Gasteiger partial charge in [-0.3, -0.25) is 9.20 Å². The number of amides is 1. The van der Waals surface area contributed by atoms with Crippen molar-refractivity contribution in [1.29, 1.82) is 0 Å². The number of nitrogens with one attached hydrogen (secondary N) is 1. The summed E-state index contributed by atoms with van der Waals surface area (Å²) in [6.45, 7) is 3.95. The van der Waals surface area contributed by atoms with Crippen LogP contribution in [-0.2, 0) is 4.79 Å². The third-order valence-corrected chi connectivity index (χ3v) is 5.90. The highest BCUT2D eigenvalue weighted by Crippen LogP contribution is 2.42. The predicted molar refractivity (Wildman–Crippen MR) is 96.6 cm³/mol. The second-order valence-corrected chi connectivity index (χ2v) is 7.80. The summed E-state index contributed by atoms with van der Waals surface area (Å²) in [5.74, 6) is -1.24. The first-order valence-electron chi connectivity index (χ1n) is 8.79. The summed E-state index contributed by atoms with van der Waals surface area (Å²) < 4.78 is 1.66. The number of rotatable bonds is 2. The van der Waals surface area contributed by atoms with Crippen LogP contribution >= 0.6 is 11.6 Å². The molecule has 1 amide bonds. The van der Waals surface area contributed by atoms with E-state index in [-0.39, 0.29) is 11.3 Å². The number of halogens is 1. The molecule has 4 rings (SSSR count). The summed E-state index contributed by atoms with van der Waals surface area (Å²) in [5.41, 5.74) is 1.47. The molecule has 2 saturated heterocycles. The van der Waals surface area contributed by atoms with E-state index in [9.17, 15) is 14.7 Å². The van der Waals surface area contributed by atoms with Crippen molar-refractivity contribution in [2.75, 3.05) is 19.6 Å². The van der Waals surface area contributed by atoms with Crippen LogP contribution in [-0.4, -0.2) is 56.9 Å². The van der Waals surface area contributed by atoms with E-state index in [0.717, 1.165) is 25.9 Å². The lowest BCUT2D eigenvalue weighted by Crippen LogP contribution is -2.42. The first-order chi connectivity index (χ1) is 12.4. The van der Waals surface area contributed by atoms with Crippen LogP contribution in [0, 0.1) is 12.3 Å². The Balaban J connectivity index is 1.74. The Morgan fingerprint density at radius 1 is 1.35 bits per heavy atom. The summed E-state index contributed by atoms with van der Waals surface area (Å²) >= 11 is 6.09. The fraction of sp³-hybridized carbons (Fsp3) is 0.500. The van der Waals surface area contributed by atoms with Crippen LogP contribution in [0.4, 0.5) is 0 Å². The number of piperidine rings is 1. The van der Waals surface area contributed by atoms with Crippen molar-refractivity contribution < 1.29 is 14.7 Å². The number of fused-ring (bicyclic) bond motifs is 1. The number of hydrogen-bond donors (Lipinski definition) is 2. The van der Waals surface area contributed by atoms with E-state index in [1.807, 2.05) is 0 Å². The lowest BCUT2D eigenvalue weighted by molar-refractivity contribution is -0.141. The van der Waals surface area contributed by atoms with Gasteiger partial charge < -0.3 is 15.3 Å². The zero-order valence-electron chi connectivity index (χ0n) is 14.5. The molecule has 0 radical (unpaired) electrons. The van der Waals surface area contributed by atoms with Gasteiger partial charge in [-0.1, -0.05) is 11.6 Å². The number of aliphatic carboxylic acids is 1. The number of carboxylic acid groups (broad SMARTS) is 1. The SMILES string of the molecule is Cc1nc2ccc(Cl)cn2c1C(=O)N1CC2(CCNCC2)C[C@@H]1C(=O)O. The lowest BCUT2D eigenvalue weighted by Gasteiger charge is -2.33. The second kappa shape index (κ2) is 6.25. The van der Waals surface area contributed by atoms with Gasteiger partial charge in [-0.05, 0) is 56.8 Å². The topological polar surface area (TPSA) is 86.9 Å². The van der Waals surface area contributed by atoms with Gasteiger partial charge in [-0.15, -0.1) is 0 Å². The smallest absolute Gasteiger partial charge is 0.326 e. The second-order valence-electron chi connectivity index (χ2n) is 7.36. The van der Waals surface area contributed by atoms with Crippen molar-refractivity contribution in [3.8, 4) is 0 Å². The Labute approximate surface area is 156 Å². The molecule has 1 spiro atoms. The first kappa shape index (κ1) is 17.3. The van der Waals surface area contributed by atoms with Crippen LogP contribution in [0.25, 0.3) is 5.65 Å². The predicted octanol–water partition coefficient (Wildman–Crippen LogP) is 1.97. The molecule has 7 nitrogen and oxygen atoms in total. The van der Waals surface area contributed by atoms with Gasteiger partial charge in [0.15, 0.2) is 0 Å². The molecule has 2 aliphatic rings. The van der Waals surface area contributed by atoms with Gasteiger partial charge in [0, 0.05) is 12.7 Å². The van der Waals surface area contributed by atoms with Crippen molar-refractivity contribution in [3.05, 3.63) is 34.7 Å². The quantitative estimate of drug-likeness (QED) is 0.836. The number of hydrogen-bond acceptors (Lipinski definition) is 4. The van der Waals surface area contributed by atoms with E-state index in [1.165, 1.54) is 4.90 Å². The summed E-state index contributed by atoms with van der Waals surface area (Å²) in [4.78, 5) is 31.1. The van der Waals surface area contributed by atoms with Gasteiger partial charge in [-0.25, -0.2) is 9.78 Å². The number of pyridine rings is 1. The molecular formula is C18H21ClN4O3. The highest BCUT2D eigenvalue weighted by Gasteiger charge is 2.49. The van der Waals surface area contributed by atoms with Gasteiger partial charge in [-0.2, -0.15) is 0 Å². The number of aryl methyl sites for hydroxylation is 1. The molecule has 2 N–H and O–H groups in total. The maximum absolute atomic E-state index is 13.3. The normalized spacial score (nSPS) is 22.2. The minimum Gasteiger partial charge on any atom is -0.480 e. The average molecular weight is 377 g/mol. The molecule has 0 aromatic carbocycles. The zero-order valence-corrected chi connectivity index (χ0v) is 15.3. The lowest BCUT2D eigenvalue weighted by atomic mass is 9.77. The summed E-state index contributed by atoms with van der Waals surface area (Å²) in [6.07, 6.45) is 3.93. The van der Waals surface area contributed by atoms with E-state index in [4.69, 9.17) is 11.6 Å². The maximum atomic E-state index is 13.3. The van der Waals surface area contributed by atoms with Crippen molar-refractivity contribution in [2.24, 2.45) is 5.41 Å². The Morgan fingerprint density at radius 2 is 2.08 bits per heavy atom. The molecule has 2 aliphatic heterocycles. The van der Waals surface area contributed by atoms with Crippen LogP contribution in [0.15, 0.2) is 18.3 Å². The number of likely N-dealkylation sites (tertiary alicyclic amines) is 1. The number of nitrogens with zero attached hydrogens (tertiary/aromatic N) is 3. The highest BCUT2D eigenvalue weighted by atomic mass is 35.5. The van der Waals surface area contributed by atoms with Crippen LogP contribution in [0.5, 0.6) is 0 Å². The Hall–Kier alpha value is -2.12. The van der Waals surface area contributed by atoms with Gasteiger partial charge >= 0.3 is 5.97 Å². The number of carbonyl (C=O) groups excluding carboxylic acids is 1. The molecule has 26 heavy (non-hydrogen) atoms. The van der Waals surface area contributed by atoms with Crippen molar-refractivity contribution >= 4 is 29.1 Å². The summed E-state index contributed by atoms with van der Waals surface area (Å²) in [6, 6.07) is 2.67. The fourth-order valence-corrected chi connectivity index (χ4v) is 4.50. The van der Waals surface area contributed by atoms with E-state index in [0.29, 0.717) is 35.0 Å². The number of aromatic nitrogens is 2. The molecule has 0 aliphatic carbocycles. The molecule has 2 aromatic heterocycles. The molecule has 1 atom stereocenters. The minimum atomic E-state index is -0.946. The molecule has 0 saturated carbocycles. The Kier molecular flexibility index (Phi) is 4.16. The number of carbonyl (C=O) groups is 2. The molecule has 4 heterocycles. The maximum Gasteiger partial charge on any atom is 0.326 e. The molecule has 2 aromatic rings. The number of carboxylic acids is 1. The van der Waals surface area contributed by atoms with Crippen molar-refractivity contribution in [1.82, 2.24) is 19.6 Å². The Morgan fingerprint density at radius 3 is 2.77 bits per heavy atom. The van der Waals surface area contributed by atoms with Gasteiger partial charge in [0.1, 0.15) is 17.4 Å². The monoisotopic (exact) mass is 376 g/mol. The largest absolute Gasteiger partial charge is 0.480 e. The van der Waals surface area contributed by atoms with E-state index in [2.05, 4.69) is 10.3 Å². The van der Waals surface area contributed by atoms with E-state index < -0.39 is 12.0 Å². The highest BCUT2D eigenvalue weighted by molar-refractivity contribution is 6.30. The zero-order chi connectivity index (χ0) is 18.5. The van der Waals surface area contributed by atoms with Crippen LogP contribution in [0.3, 0.4) is 0 Å². The third kappa shape index (κ3) is 2.75. The fourth-order valence-electron chi connectivity index (χ4n) is 4.34. The van der Waals surface area contributed by atoms with Crippen LogP contribution < -0.4 is 5.32 Å². The van der Waals surface area contributed by atoms with Crippen LogP contribution in [0.2, 0.25) is 5.02 Å². The average Bonchev–Trinajstić information content (AvgIpc) is 3.12. The molecule has 0 unspecified atom stereocenters. The molecule has 138 valence electrons. The summed E-state index contributed by atoms with van der Waals surface area (Å²) in [7, 11) is 0. The molecule has 0 bridgehead atoms.